The van der Waals surface area contributed by atoms with E-state index < -0.39 is 56.6 Å². The van der Waals surface area contributed by atoms with Crippen molar-refractivity contribution in [2.24, 2.45) is 0 Å². The van der Waals surface area contributed by atoms with E-state index in [4.69, 9.17) is 0 Å². The molecule has 0 amide bonds. The van der Waals surface area contributed by atoms with Crippen LogP contribution in [0.1, 0.15) is 0 Å². The van der Waals surface area contributed by atoms with Crippen molar-refractivity contribution in [3.8, 4) is 5.75 Å². The first-order valence-corrected chi connectivity index (χ1v) is 7.93. The van der Waals surface area contributed by atoms with Gasteiger partial charge in [0, 0.05) is 6.07 Å². The predicted molar refractivity (Wildman–Crippen MR) is 75.1 cm³/mol. The summed E-state index contributed by atoms with van der Waals surface area (Å²) in [7, 11) is -4.53. The SMILES string of the molecule is O=S(=O)(Nc1cc(F)ccc1OCC(F)(F)F)c1ccc(F)c(F)c1. The Morgan fingerprint density at radius 1 is 0.960 bits per heavy atom. The molecular weight excluding hydrogens is 376 g/mol. The van der Waals surface area contributed by atoms with Crippen molar-refractivity contribution in [3.63, 3.8) is 0 Å². The fourth-order valence-corrected chi connectivity index (χ4v) is 2.79. The molecule has 4 nitrogen and oxygen atoms in total. The van der Waals surface area contributed by atoms with Gasteiger partial charge in [0.25, 0.3) is 10.0 Å². The summed E-state index contributed by atoms with van der Waals surface area (Å²) in [4.78, 5) is -0.711. The van der Waals surface area contributed by atoms with Crippen LogP contribution in [0, 0.1) is 17.5 Å². The molecule has 25 heavy (non-hydrogen) atoms. The maximum Gasteiger partial charge on any atom is 0.422 e. The Hall–Kier alpha value is -2.43. The van der Waals surface area contributed by atoms with Crippen LogP contribution in [0.15, 0.2) is 41.3 Å². The highest BCUT2D eigenvalue weighted by Gasteiger charge is 2.29. The lowest BCUT2D eigenvalue weighted by atomic mass is 10.3. The quantitative estimate of drug-likeness (QED) is 0.796. The maximum absolute atomic E-state index is 13.3. The second-order valence-electron chi connectivity index (χ2n) is 4.73. The summed E-state index contributed by atoms with van der Waals surface area (Å²) in [5.74, 6) is -4.29. The third kappa shape index (κ3) is 5.02. The van der Waals surface area contributed by atoms with Crippen LogP contribution >= 0.6 is 0 Å². The zero-order chi connectivity index (χ0) is 18.8. The van der Waals surface area contributed by atoms with Crippen LogP contribution in [0.5, 0.6) is 5.75 Å². The number of hydrogen-bond acceptors (Lipinski definition) is 3. The molecule has 136 valence electrons. The second-order valence-corrected chi connectivity index (χ2v) is 6.41. The first kappa shape index (κ1) is 18.9. The van der Waals surface area contributed by atoms with Crippen molar-refractivity contribution in [1.29, 1.82) is 0 Å². The van der Waals surface area contributed by atoms with Crippen molar-refractivity contribution >= 4 is 15.7 Å². The van der Waals surface area contributed by atoms with Gasteiger partial charge in [-0.2, -0.15) is 13.2 Å². The van der Waals surface area contributed by atoms with E-state index in [-0.39, 0.29) is 0 Å². The number of nitrogens with one attached hydrogen (secondary N) is 1. The average Bonchev–Trinajstić information content (AvgIpc) is 2.47. The molecule has 0 spiro atoms. The third-order valence-corrected chi connectivity index (χ3v) is 4.14. The van der Waals surface area contributed by atoms with E-state index in [0.29, 0.717) is 18.2 Å². The Bertz CT molecular complexity index is 883. The van der Waals surface area contributed by atoms with Gasteiger partial charge >= 0.3 is 6.18 Å². The van der Waals surface area contributed by atoms with Crippen LogP contribution < -0.4 is 9.46 Å². The van der Waals surface area contributed by atoms with Crippen LogP contribution in [-0.2, 0) is 10.0 Å². The highest BCUT2D eigenvalue weighted by atomic mass is 32.2. The summed E-state index contributed by atoms with van der Waals surface area (Å²) in [6.45, 7) is -1.74. The smallest absolute Gasteiger partial charge is 0.422 e. The van der Waals surface area contributed by atoms with E-state index in [1.54, 1.807) is 4.72 Å². The predicted octanol–water partition coefficient (Wildman–Crippen LogP) is 3.85. The van der Waals surface area contributed by atoms with E-state index in [2.05, 4.69) is 4.74 Å². The maximum atomic E-state index is 13.3. The molecule has 2 aromatic rings. The Balaban J connectivity index is 2.34. The minimum atomic E-state index is -4.70. The number of anilines is 1. The Labute approximate surface area is 138 Å². The minimum Gasteiger partial charge on any atom is -0.482 e. The lowest BCUT2D eigenvalue weighted by Gasteiger charge is -2.15. The first-order valence-electron chi connectivity index (χ1n) is 6.45. The van der Waals surface area contributed by atoms with Gasteiger partial charge in [-0.3, -0.25) is 4.72 Å². The van der Waals surface area contributed by atoms with Crippen LogP contribution in [0.25, 0.3) is 0 Å². The van der Waals surface area contributed by atoms with Gasteiger partial charge in [0.15, 0.2) is 18.2 Å². The number of sulfonamides is 1. The lowest BCUT2D eigenvalue weighted by Crippen LogP contribution is -2.20. The fraction of sp³-hybridized carbons (Fsp3) is 0.143. The first-order chi connectivity index (χ1) is 11.5. The van der Waals surface area contributed by atoms with Gasteiger partial charge in [0.1, 0.15) is 11.6 Å². The van der Waals surface area contributed by atoms with Gasteiger partial charge < -0.3 is 4.74 Å². The number of halogens is 6. The number of benzene rings is 2. The molecule has 0 saturated heterocycles. The van der Waals surface area contributed by atoms with Crippen LogP contribution in [-0.4, -0.2) is 21.2 Å². The number of ether oxygens (including phenoxy) is 1. The second kappa shape index (κ2) is 6.82. The Morgan fingerprint density at radius 3 is 2.24 bits per heavy atom. The third-order valence-electron chi connectivity index (χ3n) is 2.78. The zero-order valence-corrected chi connectivity index (χ0v) is 12.9. The molecule has 0 fully saturated rings. The number of alkyl halides is 3. The summed E-state index contributed by atoms with van der Waals surface area (Å²) in [5, 5.41) is 0. The molecule has 0 aliphatic heterocycles. The average molecular weight is 385 g/mol. The van der Waals surface area contributed by atoms with Crippen LogP contribution in [0.2, 0.25) is 0 Å². The van der Waals surface area contributed by atoms with Gasteiger partial charge in [-0.05, 0) is 30.3 Å². The van der Waals surface area contributed by atoms with Crippen molar-refractivity contribution in [2.45, 2.75) is 11.1 Å². The fourth-order valence-electron chi connectivity index (χ4n) is 1.72. The summed E-state index contributed by atoms with van der Waals surface area (Å²) >= 11 is 0. The van der Waals surface area contributed by atoms with Crippen molar-refractivity contribution in [1.82, 2.24) is 0 Å². The van der Waals surface area contributed by atoms with Crippen molar-refractivity contribution < 1.29 is 39.5 Å². The summed E-state index contributed by atoms with van der Waals surface area (Å²) in [6.07, 6.45) is -4.70. The molecule has 0 saturated carbocycles. The highest BCUT2D eigenvalue weighted by Crippen LogP contribution is 2.29. The molecule has 0 atom stereocenters. The number of hydrogen-bond donors (Lipinski definition) is 1. The molecule has 0 aromatic heterocycles. The number of rotatable bonds is 5. The molecule has 1 N–H and O–H groups in total. The lowest BCUT2D eigenvalue weighted by molar-refractivity contribution is -0.153. The molecule has 0 heterocycles. The molecule has 0 unspecified atom stereocenters. The zero-order valence-electron chi connectivity index (χ0n) is 12.1. The molecule has 2 aromatic carbocycles. The molecular formula is C14H9F6NO3S. The summed E-state index contributed by atoms with van der Waals surface area (Å²) in [6, 6.07) is 3.80. The van der Waals surface area contributed by atoms with Crippen molar-refractivity contribution in [3.05, 3.63) is 53.8 Å². The molecule has 0 bridgehead atoms. The van der Waals surface area contributed by atoms with Crippen molar-refractivity contribution in [2.75, 3.05) is 11.3 Å². The Morgan fingerprint density at radius 2 is 1.64 bits per heavy atom. The molecule has 11 heteroatoms. The summed E-state index contributed by atoms with van der Waals surface area (Å²) in [5.41, 5.74) is -0.631. The minimum absolute atomic E-state index is 0.368. The van der Waals surface area contributed by atoms with Gasteiger partial charge in [-0.25, -0.2) is 21.6 Å². The highest BCUT2D eigenvalue weighted by molar-refractivity contribution is 7.92. The van der Waals surface area contributed by atoms with Gasteiger partial charge in [-0.1, -0.05) is 0 Å². The van der Waals surface area contributed by atoms with Crippen LogP contribution in [0.4, 0.5) is 32.0 Å². The Kier molecular flexibility index (Phi) is 5.16. The van der Waals surface area contributed by atoms with E-state index in [0.717, 1.165) is 18.2 Å². The molecule has 2 rings (SSSR count). The monoisotopic (exact) mass is 385 g/mol. The van der Waals surface area contributed by atoms with E-state index in [9.17, 15) is 34.8 Å². The summed E-state index contributed by atoms with van der Waals surface area (Å²) < 4.78 is 106. The van der Waals surface area contributed by atoms with E-state index in [1.807, 2.05) is 0 Å². The molecule has 0 radical (unpaired) electrons. The van der Waals surface area contributed by atoms with E-state index in [1.165, 1.54) is 0 Å². The molecule has 0 aliphatic carbocycles. The normalized spacial score (nSPS) is 12.1. The van der Waals surface area contributed by atoms with Gasteiger partial charge in [0.2, 0.25) is 0 Å². The largest absolute Gasteiger partial charge is 0.482 e. The molecule has 0 aliphatic rings. The standard InChI is InChI=1S/C14H9F6NO3S/c15-8-1-4-13(24-7-14(18,19)20)12(5-8)21-25(22,23)9-2-3-10(16)11(17)6-9/h1-6,21H,7H2. The van der Waals surface area contributed by atoms with Gasteiger partial charge in [0.05, 0.1) is 10.6 Å². The van der Waals surface area contributed by atoms with Crippen LogP contribution in [0.3, 0.4) is 0 Å². The van der Waals surface area contributed by atoms with Gasteiger partial charge in [-0.15, -0.1) is 0 Å². The topological polar surface area (TPSA) is 55.4 Å². The van der Waals surface area contributed by atoms with E-state index >= 15 is 0 Å².